The van der Waals surface area contributed by atoms with Crippen LogP contribution in [0, 0.1) is 12.3 Å². The molecule has 1 fully saturated rings. The molecule has 1 N–H and O–H groups in total. The number of methoxy groups -OCH3 is 1. The van der Waals surface area contributed by atoms with Crippen molar-refractivity contribution in [1.82, 2.24) is 15.3 Å². The van der Waals surface area contributed by atoms with E-state index in [1.165, 1.54) is 0 Å². The molecule has 2 rings (SSSR count). The largest absolute Gasteiger partial charge is 0.480 e. The maximum Gasteiger partial charge on any atom is 0.237 e. The molecular formula is C13H19N3O3. The van der Waals surface area contributed by atoms with E-state index in [0.29, 0.717) is 31.3 Å². The Kier molecular flexibility index (Phi) is 3.99. The van der Waals surface area contributed by atoms with Gasteiger partial charge in [0.25, 0.3) is 0 Å². The van der Waals surface area contributed by atoms with Crippen molar-refractivity contribution in [3.8, 4) is 5.88 Å². The van der Waals surface area contributed by atoms with Gasteiger partial charge in [-0.1, -0.05) is 0 Å². The number of carbonyl (C=O) groups is 1. The molecule has 1 atom stereocenters. The van der Waals surface area contributed by atoms with Crippen LogP contribution in [0.4, 0.5) is 0 Å². The van der Waals surface area contributed by atoms with Crippen LogP contribution in [0.1, 0.15) is 24.7 Å². The van der Waals surface area contributed by atoms with Gasteiger partial charge in [-0.3, -0.25) is 9.78 Å². The number of nitrogens with zero attached hydrogens (tertiary/aromatic N) is 2. The minimum absolute atomic E-state index is 0.0190. The Morgan fingerprint density at radius 2 is 2.42 bits per heavy atom. The predicted molar refractivity (Wildman–Crippen MR) is 68.7 cm³/mol. The summed E-state index contributed by atoms with van der Waals surface area (Å²) in [6.45, 7) is 5.17. The molecule has 1 aromatic rings. The van der Waals surface area contributed by atoms with Gasteiger partial charge in [0.15, 0.2) is 0 Å². The van der Waals surface area contributed by atoms with Gasteiger partial charge in [0, 0.05) is 12.8 Å². The van der Waals surface area contributed by atoms with Crippen LogP contribution in [0.5, 0.6) is 5.88 Å². The van der Waals surface area contributed by atoms with E-state index in [1.54, 1.807) is 13.3 Å². The lowest BCUT2D eigenvalue weighted by Crippen LogP contribution is -2.39. The number of carbonyl (C=O) groups excluding carboxylic acids is 1. The van der Waals surface area contributed by atoms with Gasteiger partial charge in [-0.15, -0.1) is 0 Å². The zero-order chi connectivity index (χ0) is 13.9. The highest BCUT2D eigenvalue weighted by molar-refractivity contribution is 5.82. The Hall–Kier alpha value is -1.69. The minimum atomic E-state index is -0.439. The number of amides is 1. The van der Waals surface area contributed by atoms with Crippen molar-refractivity contribution in [2.45, 2.75) is 26.8 Å². The molecule has 1 aliphatic rings. The van der Waals surface area contributed by atoms with E-state index >= 15 is 0 Å². The number of nitrogens with one attached hydrogen (secondary N) is 1. The summed E-state index contributed by atoms with van der Waals surface area (Å²) in [6.07, 6.45) is 2.40. The molecule has 1 saturated heterocycles. The van der Waals surface area contributed by atoms with Gasteiger partial charge in [-0.25, -0.2) is 4.98 Å². The molecule has 6 nitrogen and oxygen atoms in total. The first-order valence-corrected chi connectivity index (χ1v) is 6.28. The third-order valence-corrected chi connectivity index (χ3v) is 3.31. The molecule has 0 bridgehead atoms. The van der Waals surface area contributed by atoms with Crippen LogP contribution >= 0.6 is 0 Å². The highest BCUT2D eigenvalue weighted by Crippen LogP contribution is 2.28. The number of aromatic nitrogens is 2. The number of ether oxygens (including phenoxy) is 2. The summed E-state index contributed by atoms with van der Waals surface area (Å²) in [5, 5.41) is 2.87. The molecule has 0 aromatic carbocycles. The van der Waals surface area contributed by atoms with E-state index in [1.807, 2.05) is 13.8 Å². The Bertz CT molecular complexity index is 470. The average molecular weight is 265 g/mol. The van der Waals surface area contributed by atoms with Gasteiger partial charge in [0.05, 0.1) is 31.4 Å². The van der Waals surface area contributed by atoms with Crippen molar-refractivity contribution in [2.75, 3.05) is 20.3 Å². The first-order chi connectivity index (χ1) is 9.05. The van der Waals surface area contributed by atoms with Gasteiger partial charge in [-0.05, 0) is 20.3 Å². The zero-order valence-electron chi connectivity index (χ0n) is 11.5. The Balaban J connectivity index is 2.00. The summed E-state index contributed by atoms with van der Waals surface area (Å²) in [6, 6.07) is 0. The quantitative estimate of drug-likeness (QED) is 0.873. The monoisotopic (exact) mass is 265 g/mol. The third-order valence-electron chi connectivity index (χ3n) is 3.31. The van der Waals surface area contributed by atoms with E-state index in [2.05, 4.69) is 15.3 Å². The number of hydrogen-bond acceptors (Lipinski definition) is 5. The average Bonchev–Trinajstić information content (AvgIpc) is 2.85. The summed E-state index contributed by atoms with van der Waals surface area (Å²) in [7, 11) is 1.54. The molecule has 1 amide bonds. The fraction of sp³-hybridized carbons (Fsp3) is 0.615. The molecule has 0 spiro atoms. The second-order valence-corrected chi connectivity index (χ2v) is 5.01. The first-order valence-electron chi connectivity index (χ1n) is 6.28. The number of rotatable bonds is 4. The molecular weight excluding hydrogens is 246 g/mol. The molecule has 1 aliphatic heterocycles. The van der Waals surface area contributed by atoms with Crippen molar-refractivity contribution in [3.05, 3.63) is 17.6 Å². The van der Waals surface area contributed by atoms with Crippen LogP contribution in [0.15, 0.2) is 6.20 Å². The van der Waals surface area contributed by atoms with E-state index in [4.69, 9.17) is 9.47 Å². The maximum atomic E-state index is 12.1. The highest BCUT2D eigenvalue weighted by atomic mass is 16.5. The molecule has 19 heavy (non-hydrogen) atoms. The van der Waals surface area contributed by atoms with E-state index in [-0.39, 0.29) is 5.91 Å². The summed E-state index contributed by atoms with van der Waals surface area (Å²) >= 11 is 0. The standard InChI is InChI=1S/C13H19N3O3/c1-9-6-14-10(11(16-9)18-3)7-15-12(17)13(2)4-5-19-8-13/h6H,4-5,7-8H2,1-3H3,(H,15,17). The predicted octanol–water partition coefficient (Wildman–Crippen LogP) is 0.836. The summed E-state index contributed by atoms with van der Waals surface area (Å²) in [5.74, 6) is 0.433. The fourth-order valence-electron chi connectivity index (χ4n) is 1.99. The van der Waals surface area contributed by atoms with Gasteiger partial charge >= 0.3 is 0 Å². The van der Waals surface area contributed by atoms with E-state index in [9.17, 15) is 4.79 Å². The summed E-state index contributed by atoms with van der Waals surface area (Å²) in [4.78, 5) is 20.6. The summed E-state index contributed by atoms with van der Waals surface area (Å²) in [5.41, 5.74) is 0.970. The Morgan fingerprint density at radius 3 is 3.05 bits per heavy atom. The van der Waals surface area contributed by atoms with Gasteiger partial charge in [-0.2, -0.15) is 0 Å². The lowest BCUT2D eigenvalue weighted by atomic mass is 9.89. The van der Waals surface area contributed by atoms with E-state index in [0.717, 1.165) is 12.1 Å². The Labute approximate surface area is 112 Å². The Morgan fingerprint density at radius 1 is 1.63 bits per heavy atom. The summed E-state index contributed by atoms with van der Waals surface area (Å²) < 4.78 is 10.4. The van der Waals surface area contributed by atoms with Crippen LogP contribution < -0.4 is 10.1 Å². The molecule has 1 unspecified atom stereocenters. The highest BCUT2D eigenvalue weighted by Gasteiger charge is 2.37. The van der Waals surface area contributed by atoms with Crippen LogP contribution in [0.25, 0.3) is 0 Å². The molecule has 6 heteroatoms. The van der Waals surface area contributed by atoms with Crippen LogP contribution in [0.3, 0.4) is 0 Å². The second-order valence-electron chi connectivity index (χ2n) is 5.01. The second kappa shape index (κ2) is 5.52. The SMILES string of the molecule is COc1nc(C)cnc1CNC(=O)C1(C)CCOC1. The number of aryl methyl sites for hydroxylation is 1. The number of hydrogen-bond donors (Lipinski definition) is 1. The smallest absolute Gasteiger partial charge is 0.237 e. The molecule has 2 heterocycles. The van der Waals surface area contributed by atoms with Crippen molar-refractivity contribution in [3.63, 3.8) is 0 Å². The van der Waals surface area contributed by atoms with Gasteiger partial charge in [0.2, 0.25) is 11.8 Å². The topological polar surface area (TPSA) is 73.3 Å². The third kappa shape index (κ3) is 3.01. The van der Waals surface area contributed by atoms with Crippen LogP contribution in [-0.2, 0) is 16.1 Å². The normalized spacial score (nSPS) is 22.3. The van der Waals surface area contributed by atoms with Crippen molar-refractivity contribution in [1.29, 1.82) is 0 Å². The van der Waals surface area contributed by atoms with Crippen molar-refractivity contribution < 1.29 is 14.3 Å². The lowest BCUT2D eigenvalue weighted by Gasteiger charge is -2.20. The maximum absolute atomic E-state index is 12.1. The van der Waals surface area contributed by atoms with E-state index < -0.39 is 5.41 Å². The molecule has 0 radical (unpaired) electrons. The van der Waals surface area contributed by atoms with Gasteiger partial charge < -0.3 is 14.8 Å². The zero-order valence-corrected chi connectivity index (χ0v) is 11.5. The molecule has 104 valence electrons. The lowest BCUT2D eigenvalue weighted by molar-refractivity contribution is -0.130. The fourth-order valence-corrected chi connectivity index (χ4v) is 1.99. The van der Waals surface area contributed by atoms with Gasteiger partial charge in [0.1, 0.15) is 5.69 Å². The van der Waals surface area contributed by atoms with Crippen molar-refractivity contribution >= 4 is 5.91 Å². The van der Waals surface area contributed by atoms with Crippen LogP contribution in [0.2, 0.25) is 0 Å². The van der Waals surface area contributed by atoms with Crippen molar-refractivity contribution in [2.24, 2.45) is 5.41 Å². The minimum Gasteiger partial charge on any atom is -0.480 e. The van der Waals surface area contributed by atoms with Crippen LogP contribution in [-0.4, -0.2) is 36.2 Å². The first kappa shape index (κ1) is 13.7. The molecule has 1 aromatic heterocycles. The molecule has 0 aliphatic carbocycles. The molecule has 0 saturated carbocycles.